The molecule has 2 fully saturated rings. The first-order valence-electron chi connectivity index (χ1n) is 8.66. The molecule has 2 aliphatic rings. The van der Waals surface area contributed by atoms with Crippen molar-refractivity contribution in [1.82, 2.24) is 30.4 Å². The molecule has 130 valence electrons. The monoisotopic (exact) mass is 340 g/mol. The van der Waals surface area contributed by atoms with Crippen LogP contribution in [0.25, 0.3) is 5.69 Å². The van der Waals surface area contributed by atoms with Crippen molar-refractivity contribution in [1.29, 1.82) is 0 Å². The van der Waals surface area contributed by atoms with E-state index in [0.29, 0.717) is 18.7 Å². The standard InChI is InChI=1S/C17H20N6O2/c24-15-17(10-6-1-2-7-11-17)18-16(25)22(15)12-14-19-20-21-23(14)13-8-4-3-5-9-13/h3-5,8-9H,1-2,6-7,10-12H2,(H,18,25). The van der Waals surface area contributed by atoms with E-state index in [4.69, 9.17) is 0 Å². The number of amides is 3. The number of rotatable bonds is 3. The number of benzene rings is 1. The van der Waals surface area contributed by atoms with Crippen LogP contribution in [0.15, 0.2) is 30.3 Å². The normalized spacial score (nSPS) is 19.9. The van der Waals surface area contributed by atoms with Crippen LogP contribution in [0.5, 0.6) is 0 Å². The average molecular weight is 340 g/mol. The molecule has 1 aromatic carbocycles. The molecule has 0 unspecified atom stereocenters. The number of tetrazole rings is 1. The topological polar surface area (TPSA) is 93.0 Å². The van der Waals surface area contributed by atoms with E-state index in [1.807, 2.05) is 30.3 Å². The second-order valence-electron chi connectivity index (χ2n) is 6.66. The van der Waals surface area contributed by atoms with Crippen LogP contribution < -0.4 is 5.32 Å². The van der Waals surface area contributed by atoms with Crippen LogP contribution in [-0.4, -0.2) is 42.6 Å². The molecule has 8 heteroatoms. The zero-order chi connectivity index (χ0) is 17.3. The Morgan fingerprint density at radius 1 is 1.04 bits per heavy atom. The summed E-state index contributed by atoms with van der Waals surface area (Å²) in [6, 6.07) is 9.07. The van der Waals surface area contributed by atoms with Crippen LogP contribution >= 0.6 is 0 Å². The third-order valence-corrected chi connectivity index (χ3v) is 5.04. The molecule has 0 bridgehead atoms. The van der Waals surface area contributed by atoms with Crippen molar-refractivity contribution in [2.45, 2.75) is 50.6 Å². The Bertz CT molecular complexity index is 779. The molecule has 1 aliphatic carbocycles. The molecule has 2 aromatic rings. The van der Waals surface area contributed by atoms with Crippen molar-refractivity contribution < 1.29 is 9.59 Å². The maximum Gasteiger partial charge on any atom is 0.325 e. The second kappa shape index (κ2) is 6.27. The van der Waals surface area contributed by atoms with Crippen molar-refractivity contribution in [3.05, 3.63) is 36.2 Å². The zero-order valence-corrected chi connectivity index (χ0v) is 13.9. The minimum Gasteiger partial charge on any atom is -0.323 e. The second-order valence-corrected chi connectivity index (χ2v) is 6.66. The first-order valence-corrected chi connectivity index (χ1v) is 8.66. The van der Waals surface area contributed by atoms with Gasteiger partial charge in [0.1, 0.15) is 5.54 Å². The van der Waals surface area contributed by atoms with Crippen LogP contribution in [0.1, 0.15) is 44.3 Å². The molecular weight excluding hydrogens is 320 g/mol. The fourth-order valence-corrected chi connectivity index (χ4v) is 3.71. The van der Waals surface area contributed by atoms with Gasteiger partial charge in [-0.1, -0.05) is 43.9 Å². The Morgan fingerprint density at radius 2 is 1.76 bits per heavy atom. The van der Waals surface area contributed by atoms with Gasteiger partial charge in [-0.15, -0.1) is 5.10 Å². The van der Waals surface area contributed by atoms with Gasteiger partial charge in [0.05, 0.1) is 12.2 Å². The van der Waals surface area contributed by atoms with Gasteiger partial charge in [0, 0.05) is 0 Å². The van der Waals surface area contributed by atoms with Gasteiger partial charge in [0.25, 0.3) is 5.91 Å². The Hall–Kier alpha value is -2.77. The molecule has 4 rings (SSSR count). The summed E-state index contributed by atoms with van der Waals surface area (Å²) in [6.07, 6.45) is 5.55. The predicted octanol–water partition coefficient (Wildman–Crippen LogP) is 1.81. The molecule has 0 radical (unpaired) electrons. The summed E-state index contributed by atoms with van der Waals surface area (Å²) in [5, 5.41) is 14.6. The number of hydrogen-bond donors (Lipinski definition) is 1. The van der Waals surface area contributed by atoms with Crippen molar-refractivity contribution in [2.75, 3.05) is 0 Å². The van der Waals surface area contributed by atoms with E-state index in [1.54, 1.807) is 4.68 Å². The molecule has 1 spiro atoms. The highest BCUT2D eigenvalue weighted by Gasteiger charge is 2.50. The number of carbonyl (C=O) groups is 2. The molecule has 25 heavy (non-hydrogen) atoms. The first-order chi connectivity index (χ1) is 12.2. The quantitative estimate of drug-likeness (QED) is 0.860. The van der Waals surface area contributed by atoms with Crippen molar-refractivity contribution in [2.24, 2.45) is 0 Å². The van der Waals surface area contributed by atoms with Gasteiger partial charge < -0.3 is 5.32 Å². The van der Waals surface area contributed by atoms with Crippen LogP contribution in [0.4, 0.5) is 4.79 Å². The largest absolute Gasteiger partial charge is 0.325 e. The Morgan fingerprint density at radius 3 is 2.48 bits per heavy atom. The van der Waals surface area contributed by atoms with Crippen LogP contribution in [0.2, 0.25) is 0 Å². The summed E-state index contributed by atoms with van der Waals surface area (Å²) in [5.74, 6) is 0.308. The lowest BCUT2D eigenvalue weighted by atomic mass is 9.90. The molecular formula is C17H20N6O2. The van der Waals surface area contributed by atoms with Gasteiger partial charge >= 0.3 is 6.03 Å². The zero-order valence-electron chi connectivity index (χ0n) is 13.9. The van der Waals surface area contributed by atoms with Crippen molar-refractivity contribution in [3.8, 4) is 5.69 Å². The molecule has 0 atom stereocenters. The average Bonchev–Trinajstić information content (AvgIpc) is 3.08. The maximum atomic E-state index is 13.0. The van der Waals surface area contributed by atoms with Gasteiger partial charge in [-0.25, -0.2) is 4.79 Å². The lowest BCUT2D eigenvalue weighted by molar-refractivity contribution is -0.132. The van der Waals surface area contributed by atoms with Crippen molar-refractivity contribution in [3.63, 3.8) is 0 Å². The third kappa shape index (κ3) is 2.77. The fraction of sp³-hybridized carbons (Fsp3) is 0.471. The third-order valence-electron chi connectivity index (χ3n) is 5.04. The molecule has 1 saturated carbocycles. The van der Waals surface area contributed by atoms with Crippen LogP contribution in [0.3, 0.4) is 0 Å². The van der Waals surface area contributed by atoms with E-state index in [-0.39, 0.29) is 18.5 Å². The number of para-hydroxylation sites is 1. The highest BCUT2D eigenvalue weighted by atomic mass is 16.2. The van der Waals surface area contributed by atoms with Gasteiger partial charge in [-0.05, 0) is 35.4 Å². The Kier molecular flexibility index (Phi) is 3.95. The minimum atomic E-state index is -0.737. The summed E-state index contributed by atoms with van der Waals surface area (Å²) >= 11 is 0. The number of imide groups is 1. The number of carbonyl (C=O) groups excluding carboxylic acids is 2. The number of urea groups is 1. The smallest absolute Gasteiger partial charge is 0.323 e. The van der Waals surface area contributed by atoms with E-state index in [1.165, 1.54) is 4.90 Å². The highest BCUT2D eigenvalue weighted by Crippen LogP contribution is 2.33. The SMILES string of the molecule is O=C1NC2(CCCCCC2)C(=O)N1Cc1nnnn1-c1ccccc1. The summed E-state index contributed by atoms with van der Waals surface area (Å²) in [4.78, 5) is 26.7. The molecule has 1 saturated heterocycles. The molecule has 2 heterocycles. The van der Waals surface area contributed by atoms with Gasteiger partial charge in [0.2, 0.25) is 0 Å². The molecule has 8 nitrogen and oxygen atoms in total. The van der Waals surface area contributed by atoms with E-state index in [9.17, 15) is 9.59 Å². The summed E-state index contributed by atoms with van der Waals surface area (Å²) in [5.41, 5.74) is 0.0530. The summed E-state index contributed by atoms with van der Waals surface area (Å²) < 4.78 is 1.55. The van der Waals surface area contributed by atoms with Gasteiger partial charge in [-0.3, -0.25) is 9.69 Å². The molecule has 1 aliphatic heterocycles. The Balaban J connectivity index is 1.59. The van der Waals surface area contributed by atoms with Gasteiger partial charge in [-0.2, -0.15) is 4.68 Å². The van der Waals surface area contributed by atoms with E-state index in [2.05, 4.69) is 20.8 Å². The van der Waals surface area contributed by atoms with Gasteiger partial charge in [0.15, 0.2) is 5.82 Å². The predicted molar refractivity (Wildman–Crippen MR) is 88.7 cm³/mol. The Labute approximate surface area is 145 Å². The van der Waals surface area contributed by atoms with E-state index in [0.717, 1.165) is 31.4 Å². The lowest BCUT2D eigenvalue weighted by Gasteiger charge is -2.24. The van der Waals surface area contributed by atoms with Crippen molar-refractivity contribution >= 4 is 11.9 Å². The van der Waals surface area contributed by atoms with E-state index >= 15 is 0 Å². The summed E-state index contributed by atoms with van der Waals surface area (Å²) in [7, 11) is 0. The fourth-order valence-electron chi connectivity index (χ4n) is 3.71. The lowest BCUT2D eigenvalue weighted by Crippen LogP contribution is -2.46. The number of aromatic nitrogens is 4. The molecule has 1 N–H and O–H groups in total. The highest BCUT2D eigenvalue weighted by molar-refractivity contribution is 6.06. The number of nitrogens with zero attached hydrogens (tertiary/aromatic N) is 5. The van der Waals surface area contributed by atoms with E-state index < -0.39 is 5.54 Å². The molecule has 3 amide bonds. The van der Waals surface area contributed by atoms with Crippen LogP contribution in [0, 0.1) is 0 Å². The first kappa shape index (κ1) is 15.7. The van der Waals surface area contributed by atoms with Crippen LogP contribution in [-0.2, 0) is 11.3 Å². The minimum absolute atomic E-state index is 0.0638. The maximum absolute atomic E-state index is 13.0. The number of hydrogen-bond acceptors (Lipinski definition) is 5. The summed E-state index contributed by atoms with van der Waals surface area (Å²) in [6.45, 7) is 0.0638. The molecule has 1 aromatic heterocycles. The number of nitrogens with one attached hydrogen (secondary N) is 1.